The first kappa shape index (κ1) is 14.2. The fourth-order valence-corrected chi connectivity index (χ4v) is 1.95. The van der Waals surface area contributed by atoms with Crippen molar-refractivity contribution in [3.63, 3.8) is 0 Å². The fraction of sp³-hybridized carbons (Fsp3) is 0.583. The van der Waals surface area contributed by atoms with E-state index >= 15 is 0 Å². The molecule has 1 amide bonds. The minimum Gasteiger partial charge on any atom is -0.376 e. The van der Waals surface area contributed by atoms with E-state index in [2.05, 4.69) is 15.5 Å². The Morgan fingerprint density at radius 3 is 3.21 bits per heavy atom. The molecule has 1 aromatic heterocycles. The number of anilines is 1. The molecule has 1 atom stereocenters. The largest absolute Gasteiger partial charge is 0.376 e. The molecule has 1 aromatic rings. The first-order chi connectivity index (χ1) is 9.15. The third-order valence-corrected chi connectivity index (χ3v) is 2.99. The predicted molar refractivity (Wildman–Crippen MR) is 70.2 cm³/mol. The summed E-state index contributed by atoms with van der Waals surface area (Å²) in [6.45, 7) is 2.96. The smallest absolute Gasteiger partial charge is 0.250 e. The number of carbonyl (C=O) groups excluding carboxylic acids is 1. The van der Waals surface area contributed by atoms with Crippen LogP contribution in [-0.2, 0) is 14.3 Å². The number of hydrogen-bond acceptors (Lipinski definition) is 5. The van der Waals surface area contributed by atoms with Crippen LogP contribution in [0.15, 0.2) is 6.07 Å². The maximum absolute atomic E-state index is 11.7. The zero-order valence-corrected chi connectivity index (χ0v) is 11.4. The van der Waals surface area contributed by atoms with Gasteiger partial charge in [0.05, 0.1) is 24.1 Å². The SMILES string of the molecule is Cc1cc(NC(=O)COCC2CCCO2)c(Cl)nn1. The lowest BCUT2D eigenvalue weighted by molar-refractivity contribution is -0.121. The topological polar surface area (TPSA) is 73.3 Å². The van der Waals surface area contributed by atoms with Crippen molar-refractivity contribution in [2.45, 2.75) is 25.9 Å². The van der Waals surface area contributed by atoms with Crippen molar-refractivity contribution < 1.29 is 14.3 Å². The molecule has 2 rings (SSSR count). The van der Waals surface area contributed by atoms with Gasteiger partial charge in [-0.25, -0.2) is 0 Å². The maximum atomic E-state index is 11.7. The molecule has 0 radical (unpaired) electrons. The number of aromatic nitrogens is 2. The minimum absolute atomic E-state index is 0.0302. The molecule has 1 aliphatic heterocycles. The highest BCUT2D eigenvalue weighted by atomic mass is 35.5. The van der Waals surface area contributed by atoms with Gasteiger partial charge in [0.2, 0.25) is 5.91 Å². The molecule has 1 aliphatic rings. The van der Waals surface area contributed by atoms with Crippen molar-refractivity contribution in [1.82, 2.24) is 10.2 Å². The van der Waals surface area contributed by atoms with Gasteiger partial charge in [0.25, 0.3) is 0 Å². The van der Waals surface area contributed by atoms with Crippen molar-refractivity contribution in [2.24, 2.45) is 0 Å². The number of aryl methyl sites for hydroxylation is 1. The molecule has 1 saturated heterocycles. The Morgan fingerprint density at radius 2 is 2.47 bits per heavy atom. The zero-order valence-electron chi connectivity index (χ0n) is 10.7. The van der Waals surface area contributed by atoms with Crippen LogP contribution in [0.4, 0.5) is 5.69 Å². The Labute approximate surface area is 116 Å². The Bertz CT molecular complexity index is 450. The summed E-state index contributed by atoms with van der Waals surface area (Å²) in [5.41, 5.74) is 1.12. The molecule has 0 aromatic carbocycles. The van der Waals surface area contributed by atoms with E-state index in [0.29, 0.717) is 18.0 Å². The summed E-state index contributed by atoms with van der Waals surface area (Å²) in [6.07, 6.45) is 2.15. The molecule has 0 bridgehead atoms. The van der Waals surface area contributed by atoms with Crippen LogP contribution >= 0.6 is 11.6 Å². The number of ether oxygens (including phenoxy) is 2. The van der Waals surface area contributed by atoms with Gasteiger partial charge in [-0.1, -0.05) is 11.6 Å². The number of rotatable bonds is 5. The van der Waals surface area contributed by atoms with Crippen molar-refractivity contribution >= 4 is 23.2 Å². The number of halogens is 1. The highest BCUT2D eigenvalue weighted by Crippen LogP contribution is 2.18. The molecule has 0 aliphatic carbocycles. The van der Waals surface area contributed by atoms with Crippen LogP contribution in [0, 0.1) is 6.92 Å². The van der Waals surface area contributed by atoms with E-state index in [1.54, 1.807) is 13.0 Å². The summed E-state index contributed by atoms with van der Waals surface area (Å²) < 4.78 is 10.7. The Kier molecular flexibility index (Phi) is 5.07. The molecule has 2 heterocycles. The standard InChI is InChI=1S/C12H16ClN3O3/c1-8-5-10(12(13)16-15-8)14-11(17)7-18-6-9-3-2-4-19-9/h5,9H,2-4,6-7H2,1H3,(H,14,15,17). The summed E-state index contributed by atoms with van der Waals surface area (Å²) >= 11 is 5.83. The van der Waals surface area contributed by atoms with E-state index in [9.17, 15) is 4.79 Å². The highest BCUT2D eigenvalue weighted by molar-refractivity contribution is 6.32. The fourth-order valence-electron chi connectivity index (χ4n) is 1.81. The van der Waals surface area contributed by atoms with Gasteiger partial charge >= 0.3 is 0 Å². The number of hydrogen-bond donors (Lipinski definition) is 1. The van der Waals surface area contributed by atoms with Gasteiger partial charge in [-0.05, 0) is 25.8 Å². The van der Waals surface area contributed by atoms with Gasteiger partial charge in [0, 0.05) is 6.61 Å². The second kappa shape index (κ2) is 6.79. The number of carbonyl (C=O) groups is 1. The molecule has 1 fully saturated rings. The van der Waals surface area contributed by atoms with Crippen LogP contribution in [-0.4, -0.2) is 42.0 Å². The number of nitrogens with zero attached hydrogens (tertiary/aromatic N) is 2. The molecule has 6 nitrogen and oxygen atoms in total. The van der Waals surface area contributed by atoms with Crippen LogP contribution in [0.3, 0.4) is 0 Å². The minimum atomic E-state index is -0.271. The van der Waals surface area contributed by atoms with Crippen LogP contribution in [0.2, 0.25) is 5.15 Å². The van der Waals surface area contributed by atoms with E-state index in [0.717, 1.165) is 19.4 Å². The summed E-state index contributed by atoms with van der Waals surface area (Å²) in [5.74, 6) is -0.271. The average molecular weight is 286 g/mol. The van der Waals surface area contributed by atoms with Crippen molar-refractivity contribution in [3.8, 4) is 0 Å². The third-order valence-electron chi connectivity index (χ3n) is 2.71. The molecule has 1 N–H and O–H groups in total. The van der Waals surface area contributed by atoms with E-state index in [4.69, 9.17) is 21.1 Å². The molecular weight excluding hydrogens is 270 g/mol. The van der Waals surface area contributed by atoms with Gasteiger partial charge in [-0.2, -0.15) is 5.10 Å². The van der Waals surface area contributed by atoms with E-state index in [1.165, 1.54) is 0 Å². The van der Waals surface area contributed by atoms with Gasteiger partial charge in [-0.15, -0.1) is 5.10 Å². The number of nitrogens with one attached hydrogen (secondary N) is 1. The van der Waals surface area contributed by atoms with E-state index in [-0.39, 0.29) is 23.8 Å². The zero-order chi connectivity index (χ0) is 13.7. The van der Waals surface area contributed by atoms with Gasteiger partial charge in [0.1, 0.15) is 6.61 Å². The molecule has 19 heavy (non-hydrogen) atoms. The Hall–Kier alpha value is -1.24. The highest BCUT2D eigenvalue weighted by Gasteiger charge is 2.16. The molecular formula is C12H16ClN3O3. The quantitative estimate of drug-likeness (QED) is 0.889. The first-order valence-corrected chi connectivity index (χ1v) is 6.52. The summed E-state index contributed by atoms with van der Waals surface area (Å²) in [7, 11) is 0. The Balaban J connectivity index is 1.75. The van der Waals surface area contributed by atoms with E-state index < -0.39 is 0 Å². The predicted octanol–water partition coefficient (Wildman–Crippen LogP) is 1.57. The lowest BCUT2D eigenvalue weighted by Gasteiger charge is -2.10. The van der Waals surface area contributed by atoms with Crippen LogP contribution in [0.5, 0.6) is 0 Å². The maximum Gasteiger partial charge on any atom is 0.250 e. The van der Waals surface area contributed by atoms with Gasteiger partial charge in [-0.3, -0.25) is 4.79 Å². The van der Waals surface area contributed by atoms with Crippen LogP contribution < -0.4 is 5.32 Å². The van der Waals surface area contributed by atoms with Gasteiger partial charge < -0.3 is 14.8 Å². The second-order valence-corrected chi connectivity index (χ2v) is 4.75. The molecule has 7 heteroatoms. The molecule has 104 valence electrons. The van der Waals surface area contributed by atoms with Crippen molar-refractivity contribution in [2.75, 3.05) is 25.1 Å². The summed E-state index contributed by atoms with van der Waals surface area (Å²) in [5, 5.41) is 10.3. The van der Waals surface area contributed by atoms with Crippen molar-refractivity contribution in [3.05, 3.63) is 16.9 Å². The molecule has 0 spiro atoms. The molecule has 0 saturated carbocycles. The summed E-state index contributed by atoms with van der Waals surface area (Å²) in [4.78, 5) is 11.7. The normalized spacial score (nSPS) is 18.5. The van der Waals surface area contributed by atoms with Crippen LogP contribution in [0.25, 0.3) is 0 Å². The van der Waals surface area contributed by atoms with Gasteiger partial charge in [0.15, 0.2) is 5.15 Å². The Morgan fingerprint density at radius 1 is 1.63 bits per heavy atom. The lowest BCUT2D eigenvalue weighted by Crippen LogP contribution is -2.22. The first-order valence-electron chi connectivity index (χ1n) is 6.14. The number of amides is 1. The second-order valence-electron chi connectivity index (χ2n) is 4.39. The lowest BCUT2D eigenvalue weighted by atomic mass is 10.2. The average Bonchev–Trinajstić information content (AvgIpc) is 2.87. The summed E-state index contributed by atoms with van der Waals surface area (Å²) in [6, 6.07) is 1.66. The van der Waals surface area contributed by atoms with Crippen LogP contribution in [0.1, 0.15) is 18.5 Å². The molecule has 1 unspecified atom stereocenters. The monoisotopic (exact) mass is 285 g/mol. The third kappa shape index (κ3) is 4.41. The van der Waals surface area contributed by atoms with E-state index in [1.807, 2.05) is 0 Å². The van der Waals surface area contributed by atoms with Crippen molar-refractivity contribution in [1.29, 1.82) is 0 Å².